The summed E-state index contributed by atoms with van der Waals surface area (Å²) in [6.45, 7) is 6.13. The second-order valence-electron chi connectivity index (χ2n) is 4.24. The Balaban J connectivity index is 1.77. The molecule has 84 valence electrons. The summed E-state index contributed by atoms with van der Waals surface area (Å²) in [6.07, 6.45) is 5.63. The van der Waals surface area contributed by atoms with E-state index >= 15 is 0 Å². The quantitative estimate of drug-likeness (QED) is 0.794. The Labute approximate surface area is 90.5 Å². The van der Waals surface area contributed by atoms with E-state index in [0.717, 1.165) is 44.8 Å². The van der Waals surface area contributed by atoms with Gasteiger partial charge in [-0.05, 0) is 19.8 Å². The molecule has 1 aromatic rings. The molecule has 2 heterocycles. The number of nitrogens with zero attached hydrogens (tertiary/aromatic N) is 3. The number of rotatable bonds is 3. The smallest absolute Gasteiger partial charge is 0.105 e. The monoisotopic (exact) mass is 209 g/mol. The average molecular weight is 209 g/mol. The second kappa shape index (κ2) is 4.77. The molecular formula is C11H19N3O. The lowest BCUT2D eigenvalue weighted by Crippen LogP contribution is -2.37. The van der Waals surface area contributed by atoms with Crippen molar-refractivity contribution in [3.8, 4) is 0 Å². The Hall–Kier alpha value is -0.870. The molecular weight excluding hydrogens is 190 g/mol. The van der Waals surface area contributed by atoms with Crippen molar-refractivity contribution in [2.75, 3.05) is 19.6 Å². The summed E-state index contributed by atoms with van der Waals surface area (Å²) in [5.41, 5.74) is 0. The zero-order chi connectivity index (χ0) is 10.7. The van der Waals surface area contributed by atoms with Crippen molar-refractivity contribution < 1.29 is 5.11 Å². The third kappa shape index (κ3) is 2.79. The molecule has 0 radical (unpaired) electrons. The van der Waals surface area contributed by atoms with Gasteiger partial charge in [-0.3, -0.25) is 0 Å². The molecule has 1 N–H and O–H groups in total. The molecule has 0 unspecified atom stereocenters. The van der Waals surface area contributed by atoms with Gasteiger partial charge in [0.2, 0.25) is 0 Å². The van der Waals surface area contributed by atoms with E-state index in [9.17, 15) is 5.11 Å². The third-order valence-electron chi connectivity index (χ3n) is 3.14. The van der Waals surface area contributed by atoms with Gasteiger partial charge in [-0.25, -0.2) is 4.98 Å². The summed E-state index contributed by atoms with van der Waals surface area (Å²) in [4.78, 5) is 6.61. The number of imidazole rings is 1. The van der Waals surface area contributed by atoms with Gasteiger partial charge in [0.25, 0.3) is 0 Å². The van der Waals surface area contributed by atoms with Crippen molar-refractivity contribution in [2.45, 2.75) is 32.4 Å². The van der Waals surface area contributed by atoms with Gasteiger partial charge in [0.05, 0.1) is 6.10 Å². The van der Waals surface area contributed by atoms with Crippen LogP contribution in [-0.4, -0.2) is 45.3 Å². The SMILES string of the molecule is Cc1nccn1CCN1CCC(O)CC1. The lowest BCUT2D eigenvalue weighted by atomic mass is 10.1. The van der Waals surface area contributed by atoms with Crippen LogP contribution in [0.1, 0.15) is 18.7 Å². The van der Waals surface area contributed by atoms with Gasteiger partial charge in [0.15, 0.2) is 0 Å². The van der Waals surface area contributed by atoms with Crippen LogP contribution in [0.3, 0.4) is 0 Å². The number of aromatic nitrogens is 2. The van der Waals surface area contributed by atoms with Crippen molar-refractivity contribution in [3.63, 3.8) is 0 Å². The van der Waals surface area contributed by atoms with E-state index < -0.39 is 0 Å². The Morgan fingerprint density at radius 1 is 1.40 bits per heavy atom. The first-order valence-corrected chi connectivity index (χ1v) is 5.64. The summed E-state index contributed by atoms with van der Waals surface area (Å²) >= 11 is 0. The largest absolute Gasteiger partial charge is 0.393 e. The first-order chi connectivity index (χ1) is 7.25. The van der Waals surface area contributed by atoms with Crippen molar-refractivity contribution in [1.82, 2.24) is 14.5 Å². The summed E-state index contributed by atoms with van der Waals surface area (Å²) < 4.78 is 2.17. The van der Waals surface area contributed by atoms with Crippen LogP contribution < -0.4 is 0 Å². The van der Waals surface area contributed by atoms with Crippen LogP contribution in [0.25, 0.3) is 0 Å². The van der Waals surface area contributed by atoms with E-state index in [2.05, 4.69) is 14.5 Å². The van der Waals surface area contributed by atoms with Crippen LogP contribution >= 0.6 is 0 Å². The van der Waals surface area contributed by atoms with Crippen molar-refractivity contribution in [2.24, 2.45) is 0 Å². The number of piperidine rings is 1. The topological polar surface area (TPSA) is 41.3 Å². The zero-order valence-electron chi connectivity index (χ0n) is 9.26. The zero-order valence-corrected chi connectivity index (χ0v) is 9.26. The predicted octanol–water partition coefficient (Wildman–Crippen LogP) is 0.648. The Bertz CT molecular complexity index is 303. The minimum Gasteiger partial charge on any atom is -0.393 e. The molecule has 0 atom stereocenters. The van der Waals surface area contributed by atoms with Crippen LogP contribution in [0.15, 0.2) is 12.4 Å². The standard InChI is InChI=1S/C11H19N3O/c1-10-12-4-7-14(10)9-8-13-5-2-11(15)3-6-13/h4,7,11,15H,2-3,5-6,8-9H2,1H3. The molecule has 1 aliphatic rings. The highest BCUT2D eigenvalue weighted by atomic mass is 16.3. The Morgan fingerprint density at radius 2 is 2.13 bits per heavy atom. The molecule has 15 heavy (non-hydrogen) atoms. The maximum atomic E-state index is 9.38. The van der Waals surface area contributed by atoms with Gasteiger partial charge in [0, 0.05) is 38.6 Å². The van der Waals surface area contributed by atoms with E-state index in [1.165, 1.54) is 0 Å². The molecule has 0 amide bonds. The fourth-order valence-corrected chi connectivity index (χ4v) is 2.03. The molecule has 1 aliphatic heterocycles. The number of hydrogen-bond acceptors (Lipinski definition) is 3. The molecule has 1 fully saturated rings. The molecule has 0 aromatic carbocycles. The van der Waals surface area contributed by atoms with Crippen LogP contribution in [0.2, 0.25) is 0 Å². The molecule has 1 saturated heterocycles. The molecule has 2 rings (SSSR count). The minimum atomic E-state index is -0.0729. The molecule has 1 aromatic heterocycles. The van der Waals surface area contributed by atoms with Crippen molar-refractivity contribution >= 4 is 0 Å². The lowest BCUT2D eigenvalue weighted by Gasteiger charge is -2.29. The maximum Gasteiger partial charge on any atom is 0.105 e. The van der Waals surface area contributed by atoms with Crippen LogP contribution in [0.4, 0.5) is 0 Å². The fourth-order valence-electron chi connectivity index (χ4n) is 2.03. The van der Waals surface area contributed by atoms with Gasteiger partial charge in [0.1, 0.15) is 5.82 Å². The number of aryl methyl sites for hydroxylation is 1. The summed E-state index contributed by atoms with van der Waals surface area (Å²) in [5.74, 6) is 1.08. The van der Waals surface area contributed by atoms with Gasteiger partial charge in [-0.2, -0.15) is 0 Å². The predicted molar refractivity (Wildman–Crippen MR) is 58.6 cm³/mol. The third-order valence-corrected chi connectivity index (χ3v) is 3.14. The highest BCUT2D eigenvalue weighted by Crippen LogP contribution is 2.09. The van der Waals surface area contributed by atoms with Gasteiger partial charge >= 0.3 is 0 Å². The van der Waals surface area contributed by atoms with E-state index in [4.69, 9.17) is 0 Å². The summed E-state index contributed by atoms with van der Waals surface area (Å²) in [7, 11) is 0. The van der Waals surface area contributed by atoms with Crippen LogP contribution in [-0.2, 0) is 6.54 Å². The van der Waals surface area contributed by atoms with E-state index in [0.29, 0.717) is 0 Å². The second-order valence-corrected chi connectivity index (χ2v) is 4.24. The molecule has 0 saturated carbocycles. The van der Waals surface area contributed by atoms with Gasteiger partial charge in [-0.15, -0.1) is 0 Å². The Morgan fingerprint density at radius 3 is 2.73 bits per heavy atom. The summed E-state index contributed by atoms with van der Waals surface area (Å²) in [6, 6.07) is 0. The Kier molecular flexibility index (Phi) is 3.38. The number of likely N-dealkylation sites (tertiary alicyclic amines) is 1. The summed E-state index contributed by atoms with van der Waals surface area (Å²) in [5, 5.41) is 9.38. The highest BCUT2D eigenvalue weighted by Gasteiger charge is 2.16. The number of hydrogen-bond donors (Lipinski definition) is 1. The normalized spacial score (nSPS) is 19.6. The van der Waals surface area contributed by atoms with Crippen molar-refractivity contribution in [3.05, 3.63) is 18.2 Å². The van der Waals surface area contributed by atoms with E-state index in [1.54, 1.807) is 0 Å². The minimum absolute atomic E-state index is 0.0729. The molecule has 4 heteroatoms. The molecule has 0 spiro atoms. The van der Waals surface area contributed by atoms with E-state index in [-0.39, 0.29) is 6.10 Å². The van der Waals surface area contributed by atoms with Crippen LogP contribution in [0, 0.1) is 6.92 Å². The van der Waals surface area contributed by atoms with Crippen molar-refractivity contribution in [1.29, 1.82) is 0 Å². The lowest BCUT2D eigenvalue weighted by molar-refractivity contribution is 0.0809. The first-order valence-electron chi connectivity index (χ1n) is 5.64. The number of aliphatic hydroxyl groups excluding tert-OH is 1. The molecule has 0 bridgehead atoms. The first kappa shape index (κ1) is 10.6. The average Bonchev–Trinajstić information content (AvgIpc) is 2.63. The maximum absolute atomic E-state index is 9.38. The van der Waals surface area contributed by atoms with Crippen LogP contribution in [0.5, 0.6) is 0 Å². The number of aliphatic hydroxyl groups is 1. The highest BCUT2D eigenvalue weighted by molar-refractivity contribution is 4.88. The van der Waals surface area contributed by atoms with Gasteiger partial charge < -0.3 is 14.6 Å². The van der Waals surface area contributed by atoms with E-state index in [1.807, 2.05) is 19.3 Å². The van der Waals surface area contributed by atoms with Gasteiger partial charge in [-0.1, -0.05) is 0 Å². The molecule has 4 nitrogen and oxygen atoms in total. The molecule has 0 aliphatic carbocycles. The fraction of sp³-hybridized carbons (Fsp3) is 0.727.